The van der Waals surface area contributed by atoms with Gasteiger partial charge < -0.3 is 9.47 Å². The summed E-state index contributed by atoms with van der Waals surface area (Å²) in [5, 5.41) is 4.52. The van der Waals surface area contributed by atoms with Crippen LogP contribution in [0.25, 0.3) is 5.69 Å². The standard InChI is InChI=1S/C23H24N2O4/c1-3-28-20-10-6-9-19(16-20)25-12-11-22(26)21(24-25)14-17-7-5-8-18(13-17)15-23(27)29-4-2/h5-13,16H,3-4,14-15H2,1-2H3. The molecule has 0 aliphatic carbocycles. The summed E-state index contributed by atoms with van der Waals surface area (Å²) < 4.78 is 12.2. The van der Waals surface area contributed by atoms with E-state index in [9.17, 15) is 9.59 Å². The topological polar surface area (TPSA) is 70.4 Å². The van der Waals surface area contributed by atoms with E-state index < -0.39 is 0 Å². The molecule has 0 radical (unpaired) electrons. The molecule has 0 spiro atoms. The zero-order chi connectivity index (χ0) is 20.6. The van der Waals surface area contributed by atoms with Crippen LogP contribution in [0.4, 0.5) is 0 Å². The molecular formula is C23H24N2O4. The Morgan fingerprint density at radius 1 is 1.00 bits per heavy atom. The number of nitrogens with zero attached hydrogens (tertiary/aromatic N) is 2. The van der Waals surface area contributed by atoms with Gasteiger partial charge in [0.2, 0.25) is 5.43 Å². The van der Waals surface area contributed by atoms with Gasteiger partial charge in [0.1, 0.15) is 11.4 Å². The summed E-state index contributed by atoms with van der Waals surface area (Å²) in [5.41, 5.74) is 2.88. The molecule has 0 saturated heterocycles. The minimum absolute atomic E-state index is 0.127. The lowest BCUT2D eigenvalue weighted by molar-refractivity contribution is -0.142. The summed E-state index contributed by atoms with van der Waals surface area (Å²) in [6, 6.07) is 16.6. The molecule has 0 fully saturated rings. The van der Waals surface area contributed by atoms with E-state index in [0.29, 0.717) is 25.3 Å². The molecule has 0 amide bonds. The number of carbonyl (C=O) groups is 1. The van der Waals surface area contributed by atoms with Crippen LogP contribution in [0.3, 0.4) is 0 Å². The average molecular weight is 392 g/mol. The van der Waals surface area contributed by atoms with Gasteiger partial charge in [0.25, 0.3) is 0 Å². The largest absolute Gasteiger partial charge is 0.494 e. The fourth-order valence-electron chi connectivity index (χ4n) is 3.02. The van der Waals surface area contributed by atoms with E-state index in [0.717, 1.165) is 22.6 Å². The Morgan fingerprint density at radius 2 is 1.79 bits per heavy atom. The lowest BCUT2D eigenvalue weighted by atomic mass is 10.0. The number of carbonyl (C=O) groups excluding carboxylic acids is 1. The van der Waals surface area contributed by atoms with Crippen LogP contribution in [0, 0.1) is 0 Å². The van der Waals surface area contributed by atoms with E-state index in [4.69, 9.17) is 9.47 Å². The second-order valence-electron chi connectivity index (χ2n) is 6.48. The minimum atomic E-state index is -0.265. The molecule has 0 N–H and O–H groups in total. The van der Waals surface area contributed by atoms with Crippen molar-refractivity contribution in [1.82, 2.24) is 9.78 Å². The van der Waals surface area contributed by atoms with Gasteiger partial charge in [0, 0.05) is 24.8 Å². The second kappa shape index (κ2) is 9.68. The number of benzene rings is 2. The third kappa shape index (κ3) is 5.54. The molecule has 0 atom stereocenters. The lowest BCUT2D eigenvalue weighted by Crippen LogP contribution is -2.16. The molecule has 6 heteroatoms. The molecule has 2 aromatic carbocycles. The van der Waals surface area contributed by atoms with Crippen molar-refractivity contribution in [3.63, 3.8) is 0 Å². The molecule has 3 rings (SSSR count). The highest BCUT2D eigenvalue weighted by Gasteiger charge is 2.09. The summed E-state index contributed by atoms with van der Waals surface area (Å²) in [6.45, 7) is 4.65. The average Bonchev–Trinajstić information content (AvgIpc) is 2.70. The molecule has 1 heterocycles. The van der Waals surface area contributed by atoms with Crippen molar-refractivity contribution >= 4 is 5.97 Å². The van der Waals surface area contributed by atoms with Gasteiger partial charge in [-0.15, -0.1) is 0 Å². The maximum Gasteiger partial charge on any atom is 0.310 e. The van der Waals surface area contributed by atoms with Crippen molar-refractivity contribution in [2.45, 2.75) is 26.7 Å². The maximum absolute atomic E-state index is 12.3. The number of hydrogen-bond donors (Lipinski definition) is 0. The highest BCUT2D eigenvalue weighted by atomic mass is 16.5. The van der Waals surface area contributed by atoms with Crippen LogP contribution < -0.4 is 10.2 Å². The first kappa shape index (κ1) is 20.3. The molecule has 150 valence electrons. The van der Waals surface area contributed by atoms with Gasteiger partial charge in [-0.3, -0.25) is 9.59 Å². The molecule has 29 heavy (non-hydrogen) atoms. The number of esters is 1. The normalized spacial score (nSPS) is 10.6. The Kier molecular flexibility index (Phi) is 6.79. The van der Waals surface area contributed by atoms with Crippen molar-refractivity contribution in [2.24, 2.45) is 0 Å². The van der Waals surface area contributed by atoms with E-state index >= 15 is 0 Å². The van der Waals surface area contributed by atoms with Gasteiger partial charge in [0.05, 0.1) is 25.3 Å². The highest BCUT2D eigenvalue weighted by Crippen LogP contribution is 2.16. The highest BCUT2D eigenvalue weighted by molar-refractivity contribution is 5.72. The van der Waals surface area contributed by atoms with E-state index in [-0.39, 0.29) is 17.8 Å². The van der Waals surface area contributed by atoms with Gasteiger partial charge in [-0.05, 0) is 37.1 Å². The van der Waals surface area contributed by atoms with Crippen molar-refractivity contribution in [3.8, 4) is 11.4 Å². The Balaban J connectivity index is 1.83. The van der Waals surface area contributed by atoms with E-state index in [1.54, 1.807) is 17.8 Å². The quantitative estimate of drug-likeness (QED) is 0.550. The molecule has 0 unspecified atom stereocenters. The fourth-order valence-corrected chi connectivity index (χ4v) is 3.02. The number of hydrogen-bond acceptors (Lipinski definition) is 5. The summed E-state index contributed by atoms with van der Waals surface area (Å²) in [7, 11) is 0. The predicted molar refractivity (Wildman–Crippen MR) is 111 cm³/mol. The Labute approximate surface area is 169 Å². The predicted octanol–water partition coefficient (Wildman–Crippen LogP) is 3.33. The second-order valence-corrected chi connectivity index (χ2v) is 6.48. The number of rotatable bonds is 8. The Hall–Kier alpha value is -3.41. The van der Waals surface area contributed by atoms with Gasteiger partial charge in [-0.25, -0.2) is 4.68 Å². The van der Waals surface area contributed by atoms with Gasteiger partial charge in [-0.2, -0.15) is 5.10 Å². The van der Waals surface area contributed by atoms with Crippen LogP contribution in [0.5, 0.6) is 5.75 Å². The van der Waals surface area contributed by atoms with Crippen LogP contribution in [0.15, 0.2) is 65.6 Å². The third-order valence-electron chi connectivity index (χ3n) is 4.29. The van der Waals surface area contributed by atoms with Crippen molar-refractivity contribution in [2.75, 3.05) is 13.2 Å². The van der Waals surface area contributed by atoms with E-state index in [1.807, 2.05) is 55.5 Å². The lowest BCUT2D eigenvalue weighted by Gasteiger charge is -2.10. The fraction of sp³-hybridized carbons (Fsp3) is 0.261. The van der Waals surface area contributed by atoms with Gasteiger partial charge >= 0.3 is 5.97 Å². The molecule has 0 aliphatic rings. The van der Waals surface area contributed by atoms with Crippen LogP contribution >= 0.6 is 0 Å². The van der Waals surface area contributed by atoms with Crippen LogP contribution in [0.1, 0.15) is 30.7 Å². The Bertz CT molecular complexity index is 1040. The summed E-state index contributed by atoms with van der Waals surface area (Å²) in [5.74, 6) is 0.484. The molecule has 0 aliphatic heterocycles. The summed E-state index contributed by atoms with van der Waals surface area (Å²) in [6.07, 6.45) is 2.23. The molecule has 6 nitrogen and oxygen atoms in total. The van der Waals surface area contributed by atoms with Crippen LogP contribution in [0.2, 0.25) is 0 Å². The van der Waals surface area contributed by atoms with E-state index in [2.05, 4.69) is 5.10 Å². The summed E-state index contributed by atoms with van der Waals surface area (Å²) in [4.78, 5) is 24.1. The molecular weight excluding hydrogens is 368 g/mol. The van der Waals surface area contributed by atoms with Gasteiger partial charge in [-0.1, -0.05) is 30.3 Å². The van der Waals surface area contributed by atoms with E-state index in [1.165, 1.54) is 6.07 Å². The van der Waals surface area contributed by atoms with Crippen molar-refractivity contribution in [3.05, 3.63) is 87.8 Å². The zero-order valence-corrected chi connectivity index (χ0v) is 16.6. The Morgan fingerprint density at radius 3 is 2.59 bits per heavy atom. The molecule has 1 aromatic heterocycles. The third-order valence-corrected chi connectivity index (χ3v) is 4.29. The maximum atomic E-state index is 12.3. The van der Waals surface area contributed by atoms with Crippen LogP contribution in [-0.2, 0) is 22.4 Å². The first-order chi connectivity index (χ1) is 14.1. The molecule has 0 bridgehead atoms. The van der Waals surface area contributed by atoms with Crippen molar-refractivity contribution < 1.29 is 14.3 Å². The SMILES string of the molecule is CCOC(=O)Cc1cccc(Cc2nn(-c3cccc(OCC)c3)ccc2=O)c1. The molecule has 3 aromatic rings. The van der Waals surface area contributed by atoms with Gasteiger partial charge in [0.15, 0.2) is 0 Å². The number of aromatic nitrogens is 2. The number of ether oxygens (including phenoxy) is 2. The first-order valence-corrected chi connectivity index (χ1v) is 9.64. The van der Waals surface area contributed by atoms with Crippen molar-refractivity contribution in [1.29, 1.82) is 0 Å². The molecule has 0 saturated carbocycles. The zero-order valence-electron chi connectivity index (χ0n) is 16.6. The monoisotopic (exact) mass is 392 g/mol. The smallest absolute Gasteiger partial charge is 0.310 e. The summed E-state index contributed by atoms with van der Waals surface area (Å²) >= 11 is 0. The van der Waals surface area contributed by atoms with Crippen LogP contribution in [-0.4, -0.2) is 29.0 Å². The minimum Gasteiger partial charge on any atom is -0.494 e. The first-order valence-electron chi connectivity index (χ1n) is 9.64.